The van der Waals surface area contributed by atoms with Crippen molar-refractivity contribution >= 4 is 5.69 Å². The van der Waals surface area contributed by atoms with Crippen LogP contribution in [0.4, 0.5) is 5.69 Å². The second-order valence-electron chi connectivity index (χ2n) is 5.54. The van der Waals surface area contributed by atoms with Gasteiger partial charge in [-0.2, -0.15) is 0 Å². The van der Waals surface area contributed by atoms with Gasteiger partial charge in [0.1, 0.15) is 11.9 Å². The van der Waals surface area contributed by atoms with Gasteiger partial charge in [0.05, 0.1) is 25.5 Å². The summed E-state index contributed by atoms with van der Waals surface area (Å²) >= 11 is 0. The van der Waals surface area contributed by atoms with Crippen LogP contribution in [0.3, 0.4) is 0 Å². The maximum absolute atomic E-state index is 9.97. The highest BCUT2D eigenvalue weighted by molar-refractivity contribution is 5.56. The topological polar surface area (TPSA) is 82.0 Å². The third-order valence-electron chi connectivity index (χ3n) is 3.68. The number of aliphatic hydroxyl groups excluding tert-OH is 3. The molecule has 0 aromatic heterocycles. The average molecular weight is 309 g/mol. The molecule has 0 spiro atoms. The Bertz CT molecular complexity index is 452. The quantitative estimate of drug-likeness (QED) is 0.495. The van der Waals surface area contributed by atoms with E-state index >= 15 is 0 Å². The molecule has 0 fully saturated rings. The smallest absolute Gasteiger partial charge is 0.141 e. The number of rotatable bonds is 10. The van der Waals surface area contributed by atoms with Crippen molar-refractivity contribution in [2.45, 2.75) is 38.0 Å². The summed E-state index contributed by atoms with van der Waals surface area (Å²) in [5.41, 5.74) is 0.831. The van der Waals surface area contributed by atoms with E-state index in [0.29, 0.717) is 6.42 Å². The summed E-state index contributed by atoms with van der Waals surface area (Å²) in [6.07, 6.45) is 0.788. The van der Waals surface area contributed by atoms with Crippen LogP contribution in [0.2, 0.25) is 0 Å². The van der Waals surface area contributed by atoms with E-state index in [9.17, 15) is 10.2 Å². The second-order valence-corrected chi connectivity index (χ2v) is 5.54. The van der Waals surface area contributed by atoms with E-state index in [-0.39, 0.29) is 12.0 Å². The van der Waals surface area contributed by atoms with E-state index < -0.39 is 18.8 Å². The molecule has 22 heavy (non-hydrogen) atoms. The number of allylic oxidation sites excluding steroid dienone is 1. The van der Waals surface area contributed by atoms with E-state index in [1.54, 1.807) is 7.11 Å². The molecule has 1 aromatic carbocycles. The molecule has 2 unspecified atom stereocenters. The van der Waals surface area contributed by atoms with Crippen molar-refractivity contribution in [2.24, 2.45) is 5.92 Å². The van der Waals surface area contributed by atoms with Gasteiger partial charge >= 0.3 is 0 Å². The van der Waals surface area contributed by atoms with Crippen molar-refractivity contribution < 1.29 is 20.1 Å². The standard InChI is InChI=1S/C17H27NO4/c1-4-12(2)9-13(10-15(20)16(21)11-19)18-14-7-5-6-8-17(14)22-3/h4-8,12-13,15-16,18-21H,1,9-11H2,2-3H3/t12?,13?,15-,16+/m0/s1. The summed E-state index contributed by atoms with van der Waals surface area (Å²) in [6, 6.07) is 7.46. The zero-order chi connectivity index (χ0) is 16.5. The number of ether oxygens (including phenoxy) is 1. The van der Waals surface area contributed by atoms with Crippen LogP contribution in [-0.4, -0.2) is 47.3 Å². The molecule has 0 aliphatic heterocycles. The normalized spacial score (nSPS) is 16.4. The average Bonchev–Trinajstić information content (AvgIpc) is 2.54. The largest absolute Gasteiger partial charge is 0.495 e. The second kappa shape index (κ2) is 9.46. The molecule has 0 aliphatic carbocycles. The predicted octanol–water partition coefficient (Wildman–Crippen LogP) is 1.79. The Morgan fingerprint density at radius 2 is 1.91 bits per heavy atom. The van der Waals surface area contributed by atoms with E-state index in [0.717, 1.165) is 17.9 Å². The Balaban J connectivity index is 2.83. The van der Waals surface area contributed by atoms with Crippen molar-refractivity contribution in [1.82, 2.24) is 0 Å². The van der Waals surface area contributed by atoms with Crippen molar-refractivity contribution in [3.8, 4) is 5.75 Å². The van der Waals surface area contributed by atoms with E-state index in [2.05, 4.69) is 11.9 Å². The summed E-state index contributed by atoms with van der Waals surface area (Å²) in [7, 11) is 1.60. The van der Waals surface area contributed by atoms with Gasteiger partial charge in [0.25, 0.3) is 0 Å². The summed E-state index contributed by atoms with van der Waals surface area (Å²) in [6.45, 7) is 5.36. The van der Waals surface area contributed by atoms with Gasteiger partial charge in [0, 0.05) is 6.04 Å². The maximum Gasteiger partial charge on any atom is 0.141 e. The first-order valence-electron chi connectivity index (χ1n) is 7.50. The number of anilines is 1. The van der Waals surface area contributed by atoms with Gasteiger partial charge in [-0.05, 0) is 30.9 Å². The Hall–Kier alpha value is -1.56. The lowest BCUT2D eigenvalue weighted by atomic mass is 9.95. The first-order chi connectivity index (χ1) is 10.5. The highest BCUT2D eigenvalue weighted by Gasteiger charge is 2.22. The third kappa shape index (κ3) is 5.67. The molecule has 5 heteroatoms. The summed E-state index contributed by atoms with van der Waals surface area (Å²) in [5.74, 6) is 0.974. The number of methoxy groups -OCH3 is 1. The Kier molecular flexibility index (Phi) is 7.95. The van der Waals surface area contributed by atoms with E-state index in [1.165, 1.54) is 0 Å². The summed E-state index contributed by atoms with van der Waals surface area (Å²) in [4.78, 5) is 0. The van der Waals surface area contributed by atoms with Gasteiger partial charge in [-0.1, -0.05) is 25.1 Å². The number of hydrogen-bond donors (Lipinski definition) is 4. The highest BCUT2D eigenvalue weighted by Crippen LogP contribution is 2.26. The Morgan fingerprint density at radius 3 is 2.50 bits per heavy atom. The van der Waals surface area contributed by atoms with Gasteiger partial charge in [-0.15, -0.1) is 6.58 Å². The summed E-state index contributed by atoms with van der Waals surface area (Å²) < 4.78 is 5.32. The first-order valence-corrected chi connectivity index (χ1v) is 7.50. The molecule has 124 valence electrons. The molecule has 4 atom stereocenters. The number of para-hydroxylation sites is 2. The van der Waals surface area contributed by atoms with Crippen LogP contribution in [-0.2, 0) is 0 Å². The van der Waals surface area contributed by atoms with Crippen molar-refractivity contribution in [3.63, 3.8) is 0 Å². The van der Waals surface area contributed by atoms with Crippen LogP contribution in [0.1, 0.15) is 19.8 Å². The van der Waals surface area contributed by atoms with Gasteiger partial charge in [-0.25, -0.2) is 0 Å². The zero-order valence-electron chi connectivity index (χ0n) is 13.3. The monoisotopic (exact) mass is 309 g/mol. The lowest BCUT2D eigenvalue weighted by molar-refractivity contribution is -0.0200. The SMILES string of the molecule is C=CC(C)CC(C[C@H](O)[C@H](O)CO)Nc1ccccc1OC. The van der Waals surface area contributed by atoms with Gasteiger partial charge in [0.15, 0.2) is 0 Å². The van der Waals surface area contributed by atoms with Crippen molar-refractivity contribution in [3.05, 3.63) is 36.9 Å². The Labute approximate surface area is 132 Å². The number of nitrogens with one attached hydrogen (secondary N) is 1. The number of benzene rings is 1. The minimum Gasteiger partial charge on any atom is -0.495 e. The molecule has 0 saturated carbocycles. The molecule has 0 saturated heterocycles. The lowest BCUT2D eigenvalue weighted by Crippen LogP contribution is -2.36. The Morgan fingerprint density at radius 1 is 1.23 bits per heavy atom. The zero-order valence-corrected chi connectivity index (χ0v) is 13.3. The first kappa shape index (κ1) is 18.5. The molecule has 5 nitrogen and oxygen atoms in total. The van der Waals surface area contributed by atoms with Crippen LogP contribution in [0, 0.1) is 5.92 Å². The van der Waals surface area contributed by atoms with Crippen molar-refractivity contribution in [2.75, 3.05) is 19.0 Å². The fraction of sp³-hybridized carbons (Fsp3) is 0.529. The van der Waals surface area contributed by atoms with Crippen molar-refractivity contribution in [1.29, 1.82) is 0 Å². The minimum absolute atomic E-state index is 0.0829. The van der Waals surface area contributed by atoms with Crippen LogP contribution in [0.15, 0.2) is 36.9 Å². The lowest BCUT2D eigenvalue weighted by Gasteiger charge is -2.26. The summed E-state index contributed by atoms with van der Waals surface area (Å²) in [5, 5.41) is 31.8. The molecule has 1 aromatic rings. The maximum atomic E-state index is 9.97. The van der Waals surface area contributed by atoms with Crippen LogP contribution < -0.4 is 10.1 Å². The fourth-order valence-corrected chi connectivity index (χ4v) is 2.31. The minimum atomic E-state index is -1.14. The number of hydrogen-bond acceptors (Lipinski definition) is 5. The highest BCUT2D eigenvalue weighted by atomic mass is 16.5. The van der Waals surface area contributed by atoms with E-state index in [1.807, 2.05) is 37.3 Å². The van der Waals surface area contributed by atoms with Crippen LogP contribution >= 0.6 is 0 Å². The fourth-order valence-electron chi connectivity index (χ4n) is 2.31. The molecule has 0 amide bonds. The molecule has 0 bridgehead atoms. The molecule has 4 N–H and O–H groups in total. The van der Waals surface area contributed by atoms with Gasteiger partial charge in [0.2, 0.25) is 0 Å². The molecule has 0 radical (unpaired) electrons. The number of aliphatic hydroxyl groups is 3. The van der Waals surface area contributed by atoms with E-state index in [4.69, 9.17) is 9.84 Å². The molecular formula is C17H27NO4. The molecule has 0 aliphatic rings. The predicted molar refractivity (Wildman–Crippen MR) is 88.1 cm³/mol. The van der Waals surface area contributed by atoms with Gasteiger partial charge in [-0.3, -0.25) is 0 Å². The molecule has 0 heterocycles. The van der Waals surface area contributed by atoms with Gasteiger partial charge < -0.3 is 25.4 Å². The third-order valence-corrected chi connectivity index (χ3v) is 3.68. The molecule has 1 rings (SSSR count). The van der Waals surface area contributed by atoms with Crippen LogP contribution in [0.25, 0.3) is 0 Å². The molecular weight excluding hydrogens is 282 g/mol. The van der Waals surface area contributed by atoms with Crippen LogP contribution in [0.5, 0.6) is 5.75 Å².